The molecule has 0 unspecified atom stereocenters. The van der Waals surface area contributed by atoms with E-state index in [9.17, 15) is 0 Å². The van der Waals surface area contributed by atoms with E-state index in [0.29, 0.717) is 0 Å². The molecule has 3 aliphatic rings. The van der Waals surface area contributed by atoms with Gasteiger partial charge in [0.15, 0.2) is 5.96 Å². The average Bonchev–Trinajstić information content (AvgIpc) is 3.06. The summed E-state index contributed by atoms with van der Waals surface area (Å²) in [5, 5.41) is 0. The molecule has 3 rings (SSSR count). The highest BCUT2D eigenvalue weighted by Crippen LogP contribution is 2.51. The molecule has 0 bridgehead atoms. The van der Waals surface area contributed by atoms with Crippen molar-refractivity contribution in [3.05, 3.63) is 0 Å². The summed E-state index contributed by atoms with van der Waals surface area (Å²) in [5.74, 6) is 3.72. The first-order chi connectivity index (χ1) is 8.84. The monoisotopic (exact) mass is 377 g/mol. The second kappa shape index (κ2) is 7.14. The topological polar surface area (TPSA) is 41.6 Å². The second-order valence-corrected chi connectivity index (χ2v) is 6.45. The maximum absolute atomic E-state index is 6.14. The van der Waals surface area contributed by atoms with Crippen LogP contribution in [0.4, 0.5) is 0 Å². The van der Waals surface area contributed by atoms with E-state index >= 15 is 0 Å². The second-order valence-electron chi connectivity index (χ2n) is 6.45. The van der Waals surface area contributed by atoms with E-state index in [-0.39, 0.29) is 24.0 Å². The van der Waals surface area contributed by atoms with Crippen LogP contribution >= 0.6 is 24.0 Å². The third-order valence-electron chi connectivity index (χ3n) is 5.15. The fourth-order valence-corrected chi connectivity index (χ4v) is 3.54. The Bertz CT molecular complexity index is 307. The van der Waals surface area contributed by atoms with Crippen LogP contribution in [-0.2, 0) is 0 Å². The molecule has 0 aromatic carbocycles. The van der Waals surface area contributed by atoms with Crippen LogP contribution < -0.4 is 5.73 Å². The first kappa shape index (κ1) is 15.4. The van der Waals surface area contributed by atoms with Gasteiger partial charge in [0.25, 0.3) is 0 Å². The molecule has 3 nitrogen and oxygen atoms in total. The molecule has 0 spiro atoms. The lowest BCUT2D eigenvalue weighted by molar-refractivity contribution is 0.266. The molecule has 0 aromatic rings. The Morgan fingerprint density at radius 2 is 1.74 bits per heavy atom. The molecule has 1 aliphatic heterocycles. The number of hydrogen-bond donors (Lipinski definition) is 1. The highest BCUT2D eigenvalue weighted by molar-refractivity contribution is 14.0. The van der Waals surface area contributed by atoms with Crippen molar-refractivity contribution in [3.63, 3.8) is 0 Å². The lowest BCUT2D eigenvalue weighted by atomic mass is 9.81. The van der Waals surface area contributed by atoms with Crippen LogP contribution in [0.3, 0.4) is 0 Å². The smallest absolute Gasteiger partial charge is 0.191 e. The van der Waals surface area contributed by atoms with Crippen LogP contribution in [0.2, 0.25) is 0 Å². The summed E-state index contributed by atoms with van der Waals surface area (Å²) < 4.78 is 0. The van der Waals surface area contributed by atoms with Gasteiger partial charge in [-0.3, -0.25) is 4.99 Å². The van der Waals surface area contributed by atoms with E-state index < -0.39 is 0 Å². The lowest BCUT2D eigenvalue weighted by Gasteiger charge is -2.25. The van der Waals surface area contributed by atoms with Crippen LogP contribution in [0.1, 0.15) is 51.4 Å². The quantitative estimate of drug-likeness (QED) is 0.466. The molecule has 0 amide bonds. The summed E-state index contributed by atoms with van der Waals surface area (Å²) in [6.45, 7) is 3.22. The van der Waals surface area contributed by atoms with Gasteiger partial charge in [0.05, 0.1) is 0 Å². The molecule has 0 radical (unpaired) electrons. The third-order valence-corrected chi connectivity index (χ3v) is 5.15. The number of guanidine groups is 1. The van der Waals surface area contributed by atoms with E-state index in [4.69, 9.17) is 5.73 Å². The highest BCUT2D eigenvalue weighted by Gasteiger charge is 2.44. The summed E-state index contributed by atoms with van der Waals surface area (Å²) in [6, 6.07) is 0. The van der Waals surface area contributed by atoms with Gasteiger partial charge in [0, 0.05) is 19.6 Å². The van der Waals surface area contributed by atoms with E-state index in [1.54, 1.807) is 0 Å². The van der Waals surface area contributed by atoms with Gasteiger partial charge < -0.3 is 10.6 Å². The van der Waals surface area contributed by atoms with Crippen molar-refractivity contribution >= 4 is 29.9 Å². The fraction of sp³-hybridized carbons (Fsp3) is 0.933. The minimum absolute atomic E-state index is 0. The molecule has 1 saturated heterocycles. The van der Waals surface area contributed by atoms with E-state index in [2.05, 4.69) is 9.89 Å². The molecule has 2 aliphatic carbocycles. The zero-order chi connectivity index (χ0) is 12.4. The van der Waals surface area contributed by atoms with Gasteiger partial charge in [-0.2, -0.15) is 0 Å². The Labute approximate surface area is 134 Å². The SMILES string of the molecule is I.NC(=NC[C@@H]1C[C@H]1C1CCC1)N1CCCCCC1. The molecule has 3 fully saturated rings. The Morgan fingerprint density at radius 3 is 2.32 bits per heavy atom. The third kappa shape index (κ3) is 3.99. The standard InChI is InChI=1S/C15H27N3.HI/c16-15(18-8-3-1-2-4-9-18)17-11-13-10-14(13)12-6-5-7-12;/h12-14H,1-11H2,(H2,16,17);1H/t13-,14-;/m0./s1. The highest BCUT2D eigenvalue weighted by atomic mass is 127. The number of nitrogens with two attached hydrogens (primary N) is 1. The van der Waals surface area contributed by atoms with Crippen molar-refractivity contribution in [1.82, 2.24) is 4.90 Å². The lowest BCUT2D eigenvalue weighted by Crippen LogP contribution is -2.38. The van der Waals surface area contributed by atoms with Crippen molar-refractivity contribution in [2.75, 3.05) is 19.6 Å². The van der Waals surface area contributed by atoms with Crippen molar-refractivity contribution in [2.45, 2.75) is 51.4 Å². The normalized spacial score (nSPS) is 32.2. The number of hydrogen-bond acceptors (Lipinski definition) is 1. The van der Waals surface area contributed by atoms with E-state index in [0.717, 1.165) is 43.3 Å². The summed E-state index contributed by atoms with van der Waals surface area (Å²) in [4.78, 5) is 6.96. The minimum Gasteiger partial charge on any atom is -0.370 e. The number of nitrogens with zero attached hydrogens (tertiary/aromatic N) is 2. The van der Waals surface area contributed by atoms with E-state index in [1.165, 1.54) is 51.4 Å². The number of likely N-dealkylation sites (tertiary alicyclic amines) is 1. The van der Waals surface area contributed by atoms with Gasteiger partial charge in [-0.15, -0.1) is 24.0 Å². The van der Waals surface area contributed by atoms with Crippen LogP contribution in [0.25, 0.3) is 0 Å². The number of aliphatic imine (C=N–C) groups is 1. The van der Waals surface area contributed by atoms with Gasteiger partial charge >= 0.3 is 0 Å². The largest absolute Gasteiger partial charge is 0.370 e. The maximum atomic E-state index is 6.14. The summed E-state index contributed by atoms with van der Waals surface area (Å²) in [7, 11) is 0. The Balaban J connectivity index is 0.00000133. The predicted octanol–water partition coefficient (Wildman–Crippen LogP) is 3.23. The van der Waals surface area contributed by atoms with Crippen molar-refractivity contribution in [1.29, 1.82) is 0 Å². The molecule has 2 N–H and O–H groups in total. The Morgan fingerprint density at radius 1 is 1.05 bits per heavy atom. The van der Waals surface area contributed by atoms with Crippen LogP contribution in [0, 0.1) is 17.8 Å². The van der Waals surface area contributed by atoms with Crippen molar-refractivity contribution in [3.8, 4) is 0 Å². The zero-order valence-corrected chi connectivity index (χ0v) is 14.2. The first-order valence-corrected chi connectivity index (χ1v) is 7.89. The van der Waals surface area contributed by atoms with Gasteiger partial charge in [-0.1, -0.05) is 32.1 Å². The molecular weight excluding hydrogens is 349 g/mol. The molecule has 110 valence electrons. The Hall–Kier alpha value is 0. The van der Waals surface area contributed by atoms with Crippen LogP contribution in [-0.4, -0.2) is 30.5 Å². The van der Waals surface area contributed by atoms with Gasteiger partial charge in [0.2, 0.25) is 0 Å². The van der Waals surface area contributed by atoms with Gasteiger partial charge in [-0.25, -0.2) is 0 Å². The van der Waals surface area contributed by atoms with Crippen LogP contribution in [0.15, 0.2) is 4.99 Å². The molecule has 19 heavy (non-hydrogen) atoms. The molecule has 1 heterocycles. The van der Waals surface area contributed by atoms with Crippen LogP contribution in [0.5, 0.6) is 0 Å². The fourth-order valence-electron chi connectivity index (χ4n) is 3.54. The molecular formula is C15H28IN3. The number of rotatable bonds is 3. The van der Waals surface area contributed by atoms with Gasteiger partial charge in [-0.05, 0) is 37.0 Å². The average molecular weight is 377 g/mol. The van der Waals surface area contributed by atoms with Crippen molar-refractivity contribution < 1.29 is 0 Å². The summed E-state index contributed by atoms with van der Waals surface area (Å²) in [5.41, 5.74) is 6.14. The summed E-state index contributed by atoms with van der Waals surface area (Å²) >= 11 is 0. The Kier molecular flexibility index (Phi) is 5.78. The first-order valence-electron chi connectivity index (χ1n) is 7.89. The van der Waals surface area contributed by atoms with E-state index in [1.807, 2.05) is 0 Å². The molecule has 4 heteroatoms. The van der Waals surface area contributed by atoms with Crippen molar-refractivity contribution in [2.24, 2.45) is 28.5 Å². The number of halogens is 1. The minimum atomic E-state index is 0. The molecule has 2 atom stereocenters. The predicted molar refractivity (Wildman–Crippen MR) is 90.9 cm³/mol. The zero-order valence-electron chi connectivity index (χ0n) is 11.9. The molecule has 2 saturated carbocycles. The molecule has 0 aromatic heterocycles. The maximum Gasteiger partial charge on any atom is 0.191 e. The van der Waals surface area contributed by atoms with Gasteiger partial charge in [0.1, 0.15) is 0 Å². The summed E-state index contributed by atoms with van der Waals surface area (Å²) in [6.07, 6.45) is 11.1.